The van der Waals surface area contributed by atoms with E-state index in [1.807, 2.05) is 25.3 Å². The van der Waals surface area contributed by atoms with Gasteiger partial charge in [0.25, 0.3) is 0 Å². The predicted octanol–water partition coefficient (Wildman–Crippen LogP) is -0.0411. The van der Waals surface area contributed by atoms with E-state index >= 15 is 0 Å². The summed E-state index contributed by atoms with van der Waals surface area (Å²) in [5, 5.41) is 6.59. The van der Waals surface area contributed by atoms with Crippen molar-refractivity contribution in [2.45, 2.75) is 18.7 Å². The first-order valence-corrected chi connectivity index (χ1v) is 8.89. The van der Waals surface area contributed by atoms with E-state index in [0.29, 0.717) is 30.6 Å². The lowest BCUT2D eigenvalue weighted by Crippen LogP contribution is -2.35. The second-order valence-corrected chi connectivity index (χ2v) is 6.67. The van der Waals surface area contributed by atoms with Crippen molar-refractivity contribution < 1.29 is 14.1 Å². The van der Waals surface area contributed by atoms with Crippen molar-refractivity contribution in [1.82, 2.24) is 25.3 Å². The van der Waals surface area contributed by atoms with E-state index < -0.39 is 0 Å². The highest BCUT2D eigenvalue weighted by molar-refractivity contribution is 7.97. The Balaban J connectivity index is 1.78. The maximum absolute atomic E-state index is 12.2. The third-order valence-electron chi connectivity index (χ3n) is 3.60. The Morgan fingerprint density at radius 2 is 2.30 bits per heavy atom. The summed E-state index contributed by atoms with van der Waals surface area (Å²) in [6.45, 7) is 2.11. The highest BCUT2D eigenvalue weighted by atomic mass is 32.2. The number of hydrogen-bond donors (Lipinski definition) is 1. The normalized spacial score (nSPS) is 18.0. The molecular formula is C14H23N5O3S. The van der Waals surface area contributed by atoms with Crippen LogP contribution in [0.25, 0.3) is 0 Å². The predicted molar refractivity (Wildman–Crippen MR) is 86.6 cm³/mol. The topological polar surface area (TPSA) is 91.6 Å². The molecule has 8 nitrogen and oxygen atoms in total. The number of likely N-dealkylation sites (tertiary alicyclic amines) is 1. The van der Waals surface area contributed by atoms with Gasteiger partial charge in [0, 0.05) is 26.1 Å². The Bertz CT molecular complexity index is 548. The number of carbonyl (C=O) groups is 2. The second kappa shape index (κ2) is 8.30. The molecule has 2 rings (SSSR count). The van der Waals surface area contributed by atoms with Gasteiger partial charge in [-0.2, -0.15) is 16.7 Å². The van der Waals surface area contributed by atoms with E-state index in [-0.39, 0.29) is 30.7 Å². The average Bonchev–Trinajstić information content (AvgIpc) is 3.10. The summed E-state index contributed by atoms with van der Waals surface area (Å²) in [6, 6.07) is 0. The van der Waals surface area contributed by atoms with E-state index in [4.69, 9.17) is 4.52 Å². The summed E-state index contributed by atoms with van der Waals surface area (Å²) in [4.78, 5) is 32.1. The van der Waals surface area contributed by atoms with Crippen molar-refractivity contribution in [2.24, 2.45) is 5.92 Å². The minimum absolute atomic E-state index is 0.0343. The molecule has 0 aromatic carbocycles. The molecule has 0 unspecified atom stereocenters. The fourth-order valence-electron chi connectivity index (χ4n) is 2.34. The molecule has 1 atom stereocenters. The average molecular weight is 341 g/mol. The number of likely N-dealkylation sites (N-methyl/N-ethyl adjacent to an activating group) is 1. The fraction of sp³-hybridized carbons (Fsp3) is 0.714. The zero-order chi connectivity index (χ0) is 16.8. The number of aromatic nitrogens is 2. The van der Waals surface area contributed by atoms with Crippen molar-refractivity contribution in [3.05, 3.63) is 11.7 Å². The van der Waals surface area contributed by atoms with Crippen LogP contribution in [0, 0.1) is 5.92 Å². The molecule has 1 aliphatic heterocycles. The molecule has 0 bridgehead atoms. The van der Waals surface area contributed by atoms with Gasteiger partial charge in [0.1, 0.15) is 0 Å². The fourth-order valence-corrected chi connectivity index (χ4v) is 2.72. The lowest BCUT2D eigenvalue weighted by Gasteiger charge is -2.19. The van der Waals surface area contributed by atoms with Crippen molar-refractivity contribution in [3.63, 3.8) is 0 Å². The summed E-state index contributed by atoms with van der Waals surface area (Å²) in [6.07, 6.45) is 2.22. The molecule has 2 amide bonds. The summed E-state index contributed by atoms with van der Waals surface area (Å²) in [5.74, 6) is 1.26. The lowest BCUT2D eigenvalue weighted by molar-refractivity contribution is -0.129. The van der Waals surface area contributed by atoms with Crippen LogP contribution >= 0.6 is 11.8 Å². The molecule has 23 heavy (non-hydrogen) atoms. The smallest absolute Gasteiger partial charge is 0.246 e. The van der Waals surface area contributed by atoms with Crippen LogP contribution in [-0.4, -0.2) is 71.7 Å². The first kappa shape index (κ1) is 17.7. The summed E-state index contributed by atoms with van der Waals surface area (Å²) in [5.41, 5.74) is 0. The number of nitrogens with zero attached hydrogens (tertiary/aromatic N) is 4. The van der Waals surface area contributed by atoms with E-state index in [9.17, 15) is 9.59 Å². The monoisotopic (exact) mass is 341 g/mol. The van der Waals surface area contributed by atoms with E-state index in [1.54, 1.807) is 16.7 Å². The largest absolute Gasteiger partial charge is 0.347 e. The van der Waals surface area contributed by atoms with Gasteiger partial charge in [-0.05, 0) is 20.4 Å². The Morgan fingerprint density at radius 3 is 3.00 bits per heavy atom. The molecule has 128 valence electrons. The van der Waals surface area contributed by atoms with Crippen molar-refractivity contribution in [2.75, 3.05) is 40.0 Å². The van der Waals surface area contributed by atoms with Gasteiger partial charge in [-0.1, -0.05) is 5.16 Å². The molecule has 1 fully saturated rings. The Labute approximate surface area is 140 Å². The van der Waals surface area contributed by atoms with Crippen LogP contribution in [0.3, 0.4) is 0 Å². The Kier molecular flexibility index (Phi) is 6.40. The summed E-state index contributed by atoms with van der Waals surface area (Å²) < 4.78 is 5.07. The molecule has 1 aromatic rings. The molecule has 9 heteroatoms. The van der Waals surface area contributed by atoms with Crippen molar-refractivity contribution in [1.29, 1.82) is 0 Å². The zero-order valence-corrected chi connectivity index (χ0v) is 14.6. The third kappa shape index (κ3) is 5.21. The van der Waals surface area contributed by atoms with Gasteiger partial charge in [0.05, 0.1) is 18.2 Å². The molecular weight excluding hydrogens is 318 g/mol. The molecule has 0 radical (unpaired) electrons. The van der Waals surface area contributed by atoms with Crippen molar-refractivity contribution in [3.8, 4) is 0 Å². The van der Waals surface area contributed by atoms with Crippen LogP contribution in [0.2, 0.25) is 0 Å². The number of hydrogen-bond acceptors (Lipinski definition) is 7. The van der Waals surface area contributed by atoms with Gasteiger partial charge in [0.15, 0.2) is 5.82 Å². The van der Waals surface area contributed by atoms with Crippen LogP contribution in [0.5, 0.6) is 0 Å². The Hall–Kier alpha value is -1.61. The van der Waals surface area contributed by atoms with Gasteiger partial charge in [-0.3, -0.25) is 9.59 Å². The van der Waals surface area contributed by atoms with E-state index in [0.717, 1.165) is 6.54 Å². The molecule has 1 aliphatic rings. The second-order valence-electron chi connectivity index (χ2n) is 5.80. The minimum Gasteiger partial charge on any atom is -0.347 e. The van der Waals surface area contributed by atoms with Crippen LogP contribution in [0.1, 0.15) is 18.1 Å². The standard InChI is InChI=1S/C14H23N5O3S/c1-18(2)4-5-19-8-10(6-13(19)20)14(21)15-7-12-16-11(9-23-3)17-22-12/h10H,4-9H2,1-3H3,(H,15,21)/t10-/m1/s1. The van der Waals surface area contributed by atoms with Gasteiger partial charge in [-0.25, -0.2) is 0 Å². The molecule has 0 saturated carbocycles. The Morgan fingerprint density at radius 1 is 1.52 bits per heavy atom. The zero-order valence-electron chi connectivity index (χ0n) is 13.7. The van der Waals surface area contributed by atoms with Crippen molar-refractivity contribution >= 4 is 23.6 Å². The van der Waals surface area contributed by atoms with Gasteiger partial charge < -0.3 is 19.6 Å². The molecule has 0 aliphatic carbocycles. The van der Waals surface area contributed by atoms with E-state index in [2.05, 4.69) is 15.5 Å². The number of amides is 2. The molecule has 2 heterocycles. The number of nitrogens with one attached hydrogen (secondary N) is 1. The SMILES string of the molecule is CSCc1noc(CNC(=O)[C@@H]2CC(=O)N(CCN(C)C)C2)n1. The van der Waals surface area contributed by atoms with Gasteiger partial charge in [0.2, 0.25) is 17.7 Å². The molecule has 1 saturated heterocycles. The minimum atomic E-state index is -0.307. The molecule has 1 N–H and O–H groups in total. The number of carbonyl (C=O) groups excluding carboxylic acids is 2. The van der Waals surface area contributed by atoms with Crippen LogP contribution in [0.15, 0.2) is 4.52 Å². The third-order valence-corrected chi connectivity index (χ3v) is 4.15. The summed E-state index contributed by atoms with van der Waals surface area (Å²) in [7, 11) is 3.92. The number of thioether (sulfide) groups is 1. The van der Waals surface area contributed by atoms with E-state index in [1.165, 1.54) is 0 Å². The maximum Gasteiger partial charge on any atom is 0.246 e. The molecule has 0 spiro atoms. The first-order chi connectivity index (χ1) is 11.0. The first-order valence-electron chi connectivity index (χ1n) is 7.50. The lowest BCUT2D eigenvalue weighted by atomic mass is 10.1. The molecule has 1 aromatic heterocycles. The van der Waals surface area contributed by atoms with Crippen LogP contribution < -0.4 is 5.32 Å². The van der Waals surface area contributed by atoms with Crippen LogP contribution in [0.4, 0.5) is 0 Å². The maximum atomic E-state index is 12.2. The quantitative estimate of drug-likeness (QED) is 0.709. The number of rotatable bonds is 8. The van der Waals surface area contributed by atoms with Crippen LogP contribution in [-0.2, 0) is 21.9 Å². The highest BCUT2D eigenvalue weighted by Gasteiger charge is 2.34. The van der Waals surface area contributed by atoms with Gasteiger partial charge >= 0.3 is 0 Å². The highest BCUT2D eigenvalue weighted by Crippen LogP contribution is 2.17. The van der Waals surface area contributed by atoms with Gasteiger partial charge in [-0.15, -0.1) is 0 Å². The summed E-state index contributed by atoms with van der Waals surface area (Å²) >= 11 is 1.60.